The second-order valence-electron chi connectivity index (χ2n) is 8.66. The fraction of sp³-hybridized carbons (Fsp3) is 0.240. The lowest BCUT2D eigenvalue weighted by molar-refractivity contribution is 0.195. The Balaban J connectivity index is 1.22. The van der Waals surface area contributed by atoms with Gasteiger partial charge in [0.05, 0.1) is 18.4 Å². The molecular weight excluding hydrogens is 434 g/mol. The van der Waals surface area contributed by atoms with Crippen molar-refractivity contribution in [1.29, 1.82) is 0 Å². The van der Waals surface area contributed by atoms with Crippen LogP contribution in [0.1, 0.15) is 29.6 Å². The van der Waals surface area contributed by atoms with Crippen LogP contribution in [0.2, 0.25) is 0 Å². The van der Waals surface area contributed by atoms with Crippen LogP contribution in [0.3, 0.4) is 0 Å². The van der Waals surface area contributed by atoms with Crippen molar-refractivity contribution in [3.8, 4) is 17.2 Å². The van der Waals surface area contributed by atoms with E-state index in [9.17, 15) is 14.7 Å². The van der Waals surface area contributed by atoms with Crippen molar-refractivity contribution in [2.75, 3.05) is 11.9 Å². The van der Waals surface area contributed by atoms with Crippen LogP contribution in [0.25, 0.3) is 11.3 Å². The first-order valence-electron chi connectivity index (χ1n) is 11.2. The Hall–Kier alpha value is -4.27. The minimum atomic E-state index is -0.314. The van der Waals surface area contributed by atoms with Gasteiger partial charge in [0, 0.05) is 30.6 Å². The van der Waals surface area contributed by atoms with Gasteiger partial charge in [0.25, 0.3) is 0 Å². The Bertz CT molecular complexity index is 1410. The Kier molecular flexibility index (Phi) is 4.75. The van der Waals surface area contributed by atoms with E-state index in [1.807, 2.05) is 48.5 Å². The second kappa shape index (κ2) is 7.95. The zero-order valence-corrected chi connectivity index (χ0v) is 18.3. The van der Waals surface area contributed by atoms with Gasteiger partial charge in [0.2, 0.25) is 5.88 Å². The van der Waals surface area contributed by atoms with Gasteiger partial charge in [0.1, 0.15) is 5.69 Å². The van der Waals surface area contributed by atoms with Crippen molar-refractivity contribution in [2.45, 2.75) is 31.5 Å². The highest BCUT2D eigenvalue weighted by Crippen LogP contribution is 2.52. The zero-order valence-electron chi connectivity index (χ0n) is 18.3. The number of aromatic nitrogens is 3. The number of benzene rings is 2. The lowest BCUT2D eigenvalue weighted by Crippen LogP contribution is -2.42. The van der Waals surface area contributed by atoms with E-state index in [4.69, 9.17) is 4.42 Å². The molecule has 9 nitrogen and oxygen atoms in total. The van der Waals surface area contributed by atoms with Crippen molar-refractivity contribution < 1.29 is 14.3 Å². The average molecular weight is 457 g/mol. The lowest BCUT2D eigenvalue weighted by Gasteiger charge is -2.28. The minimum absolute atomic E-state index is 0.0482. The first kappa shape index (κ1) is 20.3. The van der Waals surface area contributed by atoms with Gasteiger partial charge < -0.3 is 19.7 Å². The molecule has 2 atom stereocenters. The number of hydrogen-bond acceptors (Lipinski definition) is 5. The van der Waals surface area contributed by atoms with E-state index in [0.29, 0.717) is 30.2 Å². The van der Waals surface area contributed by atoms with E-state index in [1.165, 1.54) is 11.0 Å². The summed E-state index contributed by atoms with van der Waals surface area (Å²) in [5, 5.41) is 13.9. The van der Waals surface area contributed by atoms with E-state index in [0.717, 1.165) is 17.5 Å². The fourth-order valence-corrected chi connectivity index (χ4v) is 4.81. The summed E-state index contributed by atoms with van der Waals surface area (Å²) in [6.45, 7) is 0.834. The maximum absolute atomic E-state index is 13.1. The molecule has 0 spiro atoms. The molecular formula is C25H23N5O4. The van der Waals surface area contributed by atoms with Crippen LogP contribution in [0.5, 0.6) is 5.88 Å². The van der Waals surface area contributed by atoms with E-state index in [2.05, 4.69) is 10.3 Å². The summed E-state index contributed by atoms with van der Waals surface area (Å²) < 4.78 is 8.46. The Labute approximate surface area is 194 Å². The molecule has 0 bridgehead atoms. The summed E-state index contributed by atoms with van der Waals surface area (Å²) in [6, 6.07) is 17.0. The molecule has 4 aromatic rings. The molecule has 2 amide bonds. The van der Waals surface area contributed by atoms with E-state index in [1.54, 1.807) is 21.7 Å². The predicted molar refractivity (Wildman–Crippen MR) is 125 cm³/mol. The molecule has 2 aromatic carbocycles. The first-order valence-corrected chi connectivity index (χ1v) is 11.2. The number of urea groups is 1. The summed E-state index contributed by atoms with van der Waals surface area (Å²) in [5.74, 6) is 0.713. The van der Waals surface area contributed by atoms with Gasteiger partial charge in [-0.05, 0) is 24.1 Å². The number of oxazole rings is 1. The second-order valence-corrected chi connectivity index (χ2v) is 8.66. The highest BCUT2D eigenvalue weighted by atomic mass is 16.3. The summed E-state index contributed by atoms with van der Waals surface area (Å²) in [7, 11) is 0. The molecule has 6 rings (SSSR count). The third-order valence-electron chi connectivity index (χ3n) is 6.65. The molecule has 34 heavy (non-hydrogen) atoms. The molecule has 3 heterocycles. The topological polar surface area (TPSA) is 106 Å². The number of rotatable bonds is 4. The van der Waals surface area contributed by atoms with Crippen LogP contribution in [0.4, 0.5) is 10.5 Å². The molecule has 2 aromatic heterocycles. The number of nitrogens with one attached hydrogen (secondary N) is 1. The standard InChI is InChI=1S/C25H23N5O4/c31-23-21-14-28(24(32)27-19-9-5-4-8-17(19)22-13-26-15-34-22)10-11-29(21)25(33)30(23)20-12-18(20)16-6-2-1-3-7-16/h1-9,13,15,18,20,31H,10-12,14H2,(H,27,32)/t18-,20+/m1/s1. The van der Waals surface area contributed by atoms with Gasteiger partial charge in [-0.2, -0.15) is 0 Å². The molecule has 172 valence electrons. The number of aromatic hydroxyl groups is 1. The highest BCUT2D eigenvalue weighted by Gasteiger charge is 2.44. The zero-order chi connectivity index (χ0) is 23.2. The van der Waals surface area contributed by atoms with Crippen LogP contribution in [0, 0.1) is 0 Å². The molecule has 9 heteroatoms. The summed E-state index contributed by atoms with van der Waals surface area (Å²) in [4.78, 5) is 31.7. The van der Waals surface area contributed by atoms with Gasteiger partial charge in [-0.25, -0.2) is 14.6 Å². The number of anilines is 1. The van der Waals surface area contributed by atoms with Crippen molar-refractivity contribution in [3.05, 3.63) is 88.9 Å². The van der Waals surface area contributed by atoms with Crippen LogP contribution in [-0.2, 0) is 13.1 Å². The Morgan fingerprint density at radius 3 is 2.68 bits per heavy atom. The van der Waals surface area contributed by atoms with E-state index in [-0.39, 0.29) is 36.1 Å². The molecule has 1 aliphatic heterocycles. The Morgan fingerprint density at radius 2 is 1.88 bits per heavy atom. The molecule has 2 aliphatic rings. The van der Waals surface area contributed by atoms with Crippen molar-refractivity contribution in [3.63, 3.8) is 0 Å². The number of nitrogens with zero attached hydrogens (tertiary/aromatic N) is 4. The maximum Gasteiger partial charge on any atom is 0.331 e. The monoisotopic (exact) mass is 457 g/mol. The SMILES string of the molecule is O=C(Nc1ccccc1-c1cnco1)N1CCn2c(c(O)n([C@H]3C[C@@H]3c3ccccc3)c2=O)C1. The van der Waals surface area contributed by atoms with Crippen molar-refractivity contribution >= 4 is 11.7 Å². The third-order valence-corrected chi connectivity index (χ3v) is 6.65. The first-order chi connectivity index (χ1) is 16.6. The van der Waals surface area contributed by atoms with Crippen molar-refractivity contribution in [2.24, 2.45) is 0 Å². The largest absolute Gasteiger partial charge is 0.493 e. The number of amides is 2. The molecule has 1 aliphatic carbocycles. The summed E-state index contributed by atoms with van der Waals surface area (Å²) in [5.41, 5.74) is 2.73. The number of hydrogen-bond donors (Lipinski definition) is 2. The number of para-hydroxylation sites is 1. The fourth-order valence-electron chi connectivity index (χ4n) is 4.81. The minimum Gasteiger partial charge on any atom is -0.493 e. The number of carbonyl (C=O) groups is 1. The lowest BCUT2D eigenvalue weighted by atomic mass is 10.1. The molecule has 0 radical (unpaired) electrons. The number of carbonyl (C=O) groups excluding carboxylic acids is 1. The predicted octanol–water partition coefficient (Wildman–Crippen LogP) is 3.79. The molecule has 1 saturated carbocycles. The molecule has 0 unspecified atom stereocenters. The van der Waals surface area contributed by atoms with Crippen LogP contribution in [-0.4, -0.2) is 36.7 Å². The number of imidazole rings is 1. The maximum atomic E-state index is 13.1. The van der Waals surface area contributed by atoms with Gasteiger partial charge in [-0.15, -0.1) is 0 Å². The molecule has 2 N–H and O–H groups in total. The van der Waals surface area contributed by atoms with Crippen LogP contribution < -0.4 is 11.0 Å². The van der Waals surface area contributed by atoms with Gasteiger partial charge in [0.15, 0.2) is 12.2 Å². The van der Waals surface area contributed by atoms with Gasteiger partial charge in [-0.1, -0.05) is 42.5 Å². The quantitative estimate of drug-likeness (QED) is 0.485. The summed E-state index contributed by atoms with van der Waals surface area (Å²) in [6.07, 6.45) is 3.74. The summed E-state index contributed by atoms with van der Waals surface area (Å²) >= 11 is 0. The normalized spacial score (nSPS) is 19.0. The van der Waals surface area contributed by atoms with E-state index >= 15 is 0 Å². The highest BCUT2D eigenvalue weighted by molar-refractivity contribution is 5.93. The van der Waals surface area contributed by atoms with Crippen molar-refractivity contribution in [1.82, 2.24) is 19.0 Å². The Morgan fingerprint density at radius 1 is 1.09 bits per heavy atom. The van der Waals surface area contributed by atoms with Gasteiger partial charge >= 0.3 is 11.7 Å². The van der Waals surface area contributed by atoms with Crippen LogP contribution >= 0.6 is 0 Å². The van der Waals surface area contributed by atoms with Gasteiger partial charge in [-0.3, -0.25) is 9.13 Å². The third kappa shape index (κ3) is 3.37. The van der Waals surface area contributed by atoms with E-state index < -0.39 is 0 Å². The molecule has 1 fully saturated rings. The number of fused-ring (bicyclic) bond motifs is 1. The smallest absolute Gasteiger partial charge is 0.331 e. The van der Waals surface area contributed by atoms with Crippen LogP contribution in [0.15, 0.2) is 76.4 Å². The average Bonchev–Trinajstić information content (AvgIpc) is 3.36. The molecule has 0 saturated heterocycles.